The topological polar surface area (TPSA) is 49.3 Å². The van der Waals surface area contributed by atoms with Gasteiger partial charge in [-0.2, -0.15) is 0 Å². The fourth-order valence-corrected chi connectivity index (χ4v) is 1.01. The first kappa shape index (κ1) is 6.55. The molecule has 1 unspecified atom stereocenters. The highest BCUT2D eigenvalue weighted by molar-refractivity contribution is 5.80. The monoisotopic (exact) mass is 129 g/mol. The Bertz CT molecular complexity index is 124. The molecule has 0 radical (unpaired) electrons. The van der Waals surface area contributed by atoms with Crippen LogP contribution in [0, 0.1) is 11.8 Å². The number of amides is 1. The Hall–Kier alpha value is -0.570. The summed E-state index contributed by atoms with van der Waals surface area (Å²) in [7, 11) is 0. The molecule has 0 aromatic carbocycles. The predicted molar refractivity (Wildman–Crippen MR) is 32.7 cm³/mol. The van der Waals surface area contributed by atoms with Crippen LogP contribution in [-0.2, 0) is 4.79 Å². The van der Waals surface area contributed by atoms with E-state index in [9.17, 15) is 4.79 Å². The molecule has 2 N–H and O–H groups in total. The molecule has 1 rings (SSSR count). The van der Waals surface area contributed by atoms with Gasteiger partial charge in [-0.1, -0.05) is 6.92 Å². The summed E-state index contributed by atoms with van der Waals surface area (Å²) in [5, 5.41) is 11.3. The first-order valence-corrected chi connectivity index (χ1v) is 3.14. The summed E-state index contributed by atoms with van der Waals surface area (Å²) in [4.78, 5) is 10.7. The van der Waals surface area contributed by atoms with Crippen LogP contribution in [0.4, 0.5) is 0 Å². The van der Waals surface area contributed by atoms with Crippen molar-refractivity contribution in [2.24, 2.45) is 11.8 Å². The minimum atomic E-state index is -0.00463. The van der Waals surface area contributed by atoms with E-state index in [-0.39, 0.29) is 24.3 Å². The number of aliphatic hydroxyl groups is 1. The van der Waals surface area contributed by atoms with Gasteiger partial charge in [0.25, 0.3) is 0 Å². The Labute approximate surface area is 54.1 Å². The van der Waals surface area contributed by atoms with Crippen LogP contribution < -0.4 is 5.32 Å². The second-order valence-corrected chi connectivity index (χ2v) is 2.48. The van der Waals surface area contributed by atoms with Gasteiger partial charge in [-0.15, -0.1) is 0 Å². The maximum Gasteiger partial charge on any atom is 0.223 e. The highest BCUT2D eigenvalue weighted by Gasteiger charge is 2.29. The molecule has 3 nitrogen and oxygen atoms in total. The fraction of sp³-hybridized carbons (Fsp3) is 0.833. The van der Waals surface area contributed by atoms with Crippen LogP contribution in [0.15, 0.2) is 0 Å². The van der Waals surface area contributed by atoms with E-state index in [0.717, 1.165) is 0 Å². The molecule has 0 bridgehead atoms. The minimum absolute atomic E-state index is 0.00463. The average molecular weight is 129 g/mol. The van der Waals surface area contributed by atoms with Crippen molar-refractivity contribution in [2.45, 2.75) is 6.92 Å². The third kappa shape index (κ3) is 1.05. The Morgan fingerprint density at radius 2 is 2.56 bits per heavy atom. The largest absolute Gasteiger partial charge is 0.396 e. The molecule has 0 aromatic heterocycles. The zero-order valence-electron chi connectivity index (χ0n) is 5.42. The molecule has 1 aliphatic heterocycles. The summed E-state index contributed by atoms with van der Waals surface area (Å²) < 4.78 is 0. The smallest absolute Gasteiger partial charge is 0.223 e. The lowest BCUT2D eigenvalue weighted by atomic mass is 9.99. The van der Waals surface area contributed by atoms with Gasteiger partial charge in [-0.05, 0) is 0 Å². The number of hydrogen-bond acceptors (Lipinski definition) is 2. The number of carbonyl (C=O) groups is 1. The summed E-state index contributed by atoms with van der Waals surface area (Å²) in [5.74, 6) is 0.196. The van der Waals surface area contributed by atoms with Gasteiger partial charge < -0.3 is 10.4 Å². The number of carbonyl (C=O) groups excluding carboxylic acids is 1. The lowest BCUT2D eigenvalue weighted by Crippen LogP contribution is -2.17. The summed E-state index contributed by atoms with van der Waals surface area (Å²) in [6.07, 6.45) is 0. The highest BCUT2D eigenvalue weighted by atomic mass is 16.3. The van der Waals surface area contributed by atoms with Crippen molar-refractivity contribution in [1.82, 2.24) is 5.32 Å². The number of nitrogens with one attached hydrogen (secondary N) is 1. The van der Waals surface area contributed by atoms with Crippen molar-refractivity contribution < 1.29 is 9.90 Å². The predicted octanol–water partition coefficient (Wildman–Crippen LogP) is -0.639. The van der Waals surface area contributed by atoms with Gasteiger partial charge >= 0.3 is 0 Å². The SMILES string of the molecule is CC1C(=O)NC[C@@H]1CO. The van der Waals surface area contributed by atoms with Crippen molar-refractivity contribution >= 4 is 5.91 Å². The summed E-state index contributed by atoms with van der Waals surface area (Å²) in [5.41, 5.74) is 0. The quantitative estimate of drug-likeness (QED) is 0.495. The maximum atomic E-state index is 10.7. The molecule has 9 heavy (non-hydrogen) atoms. The van der Waals surface area contributed by atoms with Crippen molar-refractivity contribution in [3.63, 3.8) is 0 Å². The molecular weight excluding hydrogens is 118 g/mol. The van der Waals surface area contributed by atoms with Crippen LogP contribution in [0.2, 0.25) is 0 Å². The standard InChI is InChI=1S/C6H11NO2/c1-4-5(3-8)2-7-6(4)9/h4-5,8H,2-3H2,1H3,(H,7,9)/t4?,5-/m1/s1. The molecule has 1 heterocycles. The van der Waals surface area contributed by atoms with Crippen LogP contribution in [0.5, 0.6) is 0 Å². The van der Waals surface area contributed by atoms with Crippen LogP contribution in [0.25, 0.3) is 0 Å². The third-order valence-electron chi connectivity index (χ3n) is 1.89. The van der Waals surface area contributed by atoms with E-state index in [2.05, 4.69) is 5.32 Å². The maximum absolute atomic E-state index is 10.7. The molecule has 0 saturated carbocycles. The number of rotatable bonds is 1. The normalized spacial score (nSPS) is 34.7. The zero-order valence-corrected chi connectivity index (χ0v) is 5.42. The van der Waals surface area contributed by atoms with E-state index in [4.69, 9.17) is 5.11 Å². The number of aliphatic hydroxyl groups excluding tert-OH is 1. The van der Waals surface area contributed by atoms with Crippen molar-refractivity contribution in [2.75, 3.05) is 13.2 Å². The average Bonchev–Trinajstić information content (AvgIpc) is 2.15. The molecular formula is C6H11NO2. The molecule has 0 spiro atoms. The van der Waals surface area contributed by atoms with E-state index >= 15 is 0 Å². The van der Waals surface area contributed by atoms with Gasteiger partial charge in [-0.3, -0.25) is 4.79 Å². The van der Waals surface area contributed by atoms with Crippen molar-refractivity contribution in [1.29, 1.82) is 0 Å². The van der Waals surface area contributed by atoms with E-state index in [1.165, 1.54) is 0 Å². The molecule has 0 aliphatic carbocycles. The van der Waals surface area contributed by atoms with E-state index < -0.39 is 0 Å². The molecule has 1 saturated heterocycles. The van der Waals surface area contributed by atoms with Gasteiger partial charge in [0.15, 0.2) is 0 Å². The van der Waals surface area contributed by atoms with Crippen LogP contribution >= 0.6 is 0 Å². The Morgan fingerprint density at radius 3 is 2.78 bits per heavy atom. The van der Waals surface area contributed by atoms with E-state index in [1.54, 1.807) is 0 Å². The summed E-state index contributed by atoms with van der Waals surface area (Å²) in [6.45, 7) is 2.58. The molecule has 3 heteroatoms. The molecule has 0 aromatic rings. The van der Waals surface area contributed by atoms with Crippen LogP contribution in [-0.4, -0.2) is 24.2 Å². The third-order valence-corrected chi connectivity index (χ3v) is 1.89. The lowest BCUT2D eigenvalue weighted by molar-refractivity contribution is -0.122. The Balaban J connectivity index is 2.51. The van der Waals surface area contributed by atoms with Gasteiger partial charge in [0.05, 0.1) is 0 Å². The Morgan fingerprint density at radius 1 is 1.89 bits per heavy atom. The molecule has 1 amide bonds. The molecule has 1 fully saturated rings. The van der Waals surface area contributed by atoms with Crippen LogP contribution in [0.1, 0.15) is 6.92 Å². The van der Waals surface area contributed by atoms with Gasteiger partial charge in [0, 0.05) is 25.0 Å². The van der Waals surface area contributed by atoms with E-state index in [1.807, 2.05) is 6.92 Å². The zero-order chi connectivity index (χ0) is 6.85. The molecule has 52 valence electrons. The van der Waals surface area contributed by atoms with Crippen LogP contribution in [0.3, 0.4) is 0 Å². The van der Waals surface area contributed by atoms with Crippen molar-refractivity contribution in [3.8, 4) is 0 Å². The summed E-state index contributed by atoms with van der Waals surface area (Å²) in [6, 6.07) is 0. The lowest BCUT2D eigenvalue weighted by Gasteiger charge is -2.05. The number of hydrogen-bond donors (Lipinski definition) is 2. The second kappa shape index (κ2) is 2.35. The molecule has 1 aliphatic rings. The first-order valence-electron chi connectivity index (χ1n) is 3.14. The van der Waals surface area contributed by atoms with Gasteiger partial charge in [-0.25, -0.2) is 0 Å². The fourth-order valence-electron chi connectivity index (χ4n) is 1.01. The van der Waals surface area contributed by atoms with E-state index in [0.29, 0.717) is 6.54 Å². The second-order valence-electron chi connectivity index (χ2n) is 2.48. The Kier molecular flexibility index (Phi) is 1.71. The van der Waals surface area contributed by atoms with Crippen molar-refractivity contribution in [3.05, 3.63) is 0 Å². The van der Waals surface area contributed by atoms with Gasteiger partial charge in [0.2, 0.25) is 5.91 Å². The molecule has 2 atom stereocenters. The minimum Gasteiger partial charge on any atom is -0.396 e. The highest BCUT2D eigenvalue weighted by Crippen LogP contribution is 2.15. The first-order chi connectivity index (χ1) is 4.25. The summed E-state index contributed by atoms with van der Waals surface area (Å²) >= 11 is 0. The van der Waals surface area contributed by atoms with Gasteiger partial charge in [0.1, 0.15) is 0 Å².